The Kier molecular flexibility index (Phi) is 9.88. The van der Waals surface area contributed by atoms with Crippen molar-refractivity contribution in [3.05, 3.63) is 0 Å². The van der Waals surface area contributed by atoms with Gasteiger partial charge in [-0.1, -0.05) is 11.8 Å². The van der Waals surface area contributed by atoms with E-state index < -0.39 is 0 Å². The molecule has 3 nitrogen and oxygen atoms in total. The average molecular weight is 232 g/mol. The maximum Gasteiger partial charge on any atom is 0.154 e. The Labute approximate surface area is 89.6 Å². The number of rotatable bonds is 3. The Bertz CT molecular complexity index is 143. The predicted molar refractivity (Wildman–Crippen MR) is 60.7 cm³/mol. The molecule has 0 saturated carbocycles. The van der Waals surface area contributed by atoms with Crippen molar-refractivity contribution < 1.29 is 0 Å². The van der Waals surface area contributed by atoms with E-state index in [2.05, 4.69) is 4.99 Å². The first-order valence-electron chi connectivity index (χ1n) is 3.49. The highest BCUT2D eigenvalue weighted by atomic mass is 35.5. The first-order valence-corrected chi connectivity index (χ1v) is 4.47. The molecule has 0 bridgehead atoms. The van der Waals surface area contributed by atoms with Gasteiger partial charge in [-0.05, 0) is 19.4 Å². The third kappa shape index (κ3) is 5.09. The molecule has 4 N–H and O–H groups in total. The number of hydrogen-bond donors (Lipinski definition) is 2. The number of nitrogens with zero attached hydrogens (tertiary/aromatic N) is 1. The van der Waals surface area contributed by atoms with Crippen molar-refractivity contribution >= 4 is 41.7 Å². The summed E-state index contributed by atoms with van der Waals surface area (Å²) < 4.78 is 0. The molecule has 6 heteroatoms. The van der Waals surface area contributed by atoms with Crippen LogP contribution in [0.1, 0.15) is 12.8 Å². The molecule has 1 rings (SSSR count). The maximum atomic E-state index is 5.48. The SMILES string of the molecule is Cl.Cl.NCCC[C@@H]1CSC(N)=N1. The van der Waals surface area contributed by atoms with Crippen LogP contribution < -0.4 is 11.5 Å². The van der Waals surface area contributed by atoms with Crippen LogP contribution in [0.4, 0.5) is 0 Å². The van der Waals surface area contributed by atoms with Crippen LogP contribution in [-0.4, -0.2) is 23.5 Å². The normalized spacial score (nSPS) is 20.8. The molecule has 0 aromatic rings. The van der Waals surface area contributed by atoms with E-state index in [4.69, 9.17) is 11.5 Å². The monoisotopic (exact) mass is 231 g/mol. The van der Waals surface area contributed by atoms with E-state index in [0.29, 0.717) is 6.04 Å². The second kappa shape index (κ2) is 7.98. The van der Waals surface area contributed by atoms with E-state index in [1.54, 1.807) is 11.8 Å². The second-order valence-corrected chi connectivity index (χ2v) is 3.40. The van der Waals surface area contributed by atoms with Gasteiger partial charge in [-0.2, -0.15) is 0 Å². The molecular formula is C6H15Cl2N3S. The Morgan fingerprint density at radius 1 is 1.50 bits per heavy atom. The van der Waals surface area contributed by atoms with Gasteiger partial charge in [0, 0.05) is 5.75 Å². The highest BCUT2D eigenvalue weighted by Gasteiger charge is 2.14. The van der Waals surface area contributed by atoms with Crippen LogP contribution in [0, 0.1) is 0 Å². The standard InChI is InChI=1S/C6H13N3S.2ClH/c7-3-1-2-5-4-10-6(8)9-5;;/h5H,1-4,7H2,(H2,8,9);2*1H/t5-;;/m1../s1. The molecule has 0 aromatic heterocycles. The van der Waals surface area contributed by atoms with E-state index in [0.717, 1.165) is 30.3 Å². The van der Waals surface area contributed by atoms with E-state index in [-0.39, 0.29) is 24.8 Å². The van der Waals surface area contributed by atoms with E-state index in [9.17, 15) is 0 Å². The van der Waals surface area contributed by atoms with Crippen molar-refractivity contribution in [3.63, 3.8) is 0 Å². The lowest BCUT2D eigenvalue weighted by molar-refractivity contribution is 0.646. The zero-order valence-electron chi connectivity index (χ0n) is 6.73. The molecule has 0 amide bonds. The Hall–Kier alpha value is 0.360. The zero-order chi connectivity index (χ0) is 7.40. The van der Waals surface area contributed by atoms with Crippen molar-refractivity contribution in [2.45, 2.75) is 18.9 Å². The minimum atomic E-state index is 0. The topological polar surface area (TPSA) is 64.4 Å². The lowest BCUT2D eigenvalue weighted by atomic mass is 10.2. The molecule has 0 aliphatic carbocycles. The summed E-state index contributed by atoms with van der Waals surface area (Å²) in [5.41, 5.74) is 10.8. The molecule has 1 aliphatic rings. The second-order valence-electron chi connectivity index (χ2n) is 2.36. The third-order valence-corrected chi connectivity index (χ3v) is 2.43. The van der Waals surface area contributed by atoms with Crippen LogP contribution in [0.15, 0.2) is 4.99 Å². The number of amidine groups is 1. The Balaban J connectivity index is 0. The third-order valence-electron chi connectivity index (χ3n) is 1.47. The first-order chi connectivity index (χ1) is 4.83. The number of thioether (sulfide) groups is 1. The molecule has 0 fully saturated rings. The molecule has 0 saturated heterocycles. The molecule has 74 valence electrons. The zero-order valence-corrected chi connectivity index (χ0v) is 9.18. The smallest absolute Gasteiger partial charge is 0.154 e. The summed E-state index contributed by atoms with van der Waals surface area (Å²) in [7, 11) is 0. The first kappa shape index (κ1) is 14.9. The van der Waals surface area contributed by atoms with Crippen molar-refractivity contribution in [1.29, 1.82) is 0 Å². The fourth-order valence-electron chi connectivity index (χ4n) is 0.937. The highest BCUT2D eigenvalue weighted by Crippen LogP contribution is 2.17. The summed E-state index contributed by atoms with van der Waals surface area (Å²) in [5, 5.41) is 0.738. The van der Waals surface area contributed by atoms with Gasteiger partial charge in [-0.15, -0.1) is 24.8 Å². The number of hydrogen-bond acceptors (Lipinski definition) is 4. The number of aliphatic imine (C=N–C) groups is 1. The molecule has 0 aromatic carbocycles. The number of nitrogens with two attached hydrogens (primary N) is 2. The number of halogens is 2. The van der Waals surface area contributed by atoms with Gasteiger partial charge >= 0.3 is 0 Å². The van der Waals surface area contributed by atoms with Gasteiger partial charge in [0.15, 0.2) is 5.17 Å². The summed E-state index contributed by atoms with van der Waals surface area (Å²) in [6.45, 7) is 0.761. The quantitative estimate of drug-likeness (QED) is 0.762. The lowest BCUT2D eigenvalue weighted by Gasteiger charge is -2.01. The summed E-state index contributed by atoms with van der Waals surface area (Å²) in [6, 6.07) is 0.438. The average Bonchev–Trinajstić information content (AvgIpc) is 2.31. The molecule has 0 unspecified atom stereocenters. The molecular weight excluding hydrogens is 217 g/mol. The maximum absolute atomic E-state index is 5.48. The summed E-state index contributed by atoms with van der Waals surface area (Å²) in [4.78, 5) is 4.23. The van der Waals surface area contributed by atoms with Crippen molar-refractivity contribution in [2.75, 3.05) is 12.3 Å². The molecule has 1 atom stereocenters. The molecule has 0 spiro atoms. The van der Waals surface area contributed by atoms with E-state index in [1.807, 2.05) is 0 Å². The van der Waals surface area contributed by atoms with E-state index in [1.165, 1.54) is 0 Å². The van der Waals surface area contributed by atoms with Crippen LogP contribution in [-0.2, 0) is 0 Å². The van der Waals surface area contributed by atoms with Crippen LogP contribution in [0.2, 0.25) is 0 Å². The van der Waals surface area contributed by atoms with Gasteiger partial charge < -0.3 is 11.5 Å². The van der Waals surface area contributed by atoms with Crippen LogP contribution in [0.25, 0.3) is 0 Å². The van der Waals surface area contributed by atoms with Crippen molar-refractivity contribution in [1.82, 2.24) is 0 Å². The lowest BCUT2D eigenvalue weighted by Crippen LogP contribution is -2.08. The largest absolute Gasteiger partial charge is 0.379 e. The van der Waals surface area contributed by atoms with Gasteiger partial charge in [0.05, 0.1) is 6.04 Å². The fraction of sp³-hybridized carbons (Fsp3) is 0.833. The highest BCUT2D eigenvalue weighted by molar-refractivity contribution is 8.14. The molecule has 1 heterocycles. The minimum absolute atomic E-state index is 0. The van der Waals surface area contributed by atoms with E-state index >= 15 is 0 Å². The van der Waals surface area contributed by atoms with Crippen LogP contribution >= 0.6 is 36.6 Å². The molecule has 1 aliphatic heterocycles. The summed E-state index contributed by atoms with van der Waals surface area (Å²) in [5.74, 6) is 1.05. The van der Waals surface area contributed by atoms with Gasteiger partial charge in [0.2, 0.25) is 0 Å². The minimum Gasteiger partial charge on any atom is -0.379 e. The Morgan fingerprint density at radius 3 is 2.58 bits per heavy atom. The molecule has 0 radical (unpaired) electrons. The molecule has 12 heavy (non-hydrogen) atoms. The Morgan fingerprint density at radius 2 is 2.17 bits per heavy atom. The van der Waals surface area contributed by atoms with Gasteiger partial charge in [-0.3, -0.25) is 4.99 Å². The van der Waals surface area contributed by atoms with Gasteiger partial charge in [0.25, 0.3) is 0 Å². The van der Waals surface area contributed by atoms with Crippen molar-refractivity contribution in [3.8, 4) is 0 Å². The van der Waals surface area contributed by atoms with Gasteiger partial charge in [-0.25, -0.2) is 0 Å². The van der Waals surface area contributed by atoms with Crippen molar-refractivity contribution in [2.24, 2.45) is 16.5 Å². The van der Waals surface area contributed by atoms with Crippen LogP contribution in [0.5, 0.6) is 0 Å². The summed E-state index contributed by atoms with van der Waals surface area (Å²) in [6.07, 6.45) is 2.15. The van der Waals surface area contributed by atoms with Gasteiger partial charge in [0.1, 0.15) is 0 Å². The van der Waals surface area contributed by atoms with Crippen LogP contribution in [0.3, 0.4) is 0 Å². The predicted octanol–water partition coefficient (Wildman–Crippen LogP) is 0.999. The summed E-state index contributed by atoms with van der Waals surface area (Å²) >= 11 is 1.64. The fourth-order valence-corrected chi connectivity index (χ4v) is 1.77.